The fourth-order valence-electron chi connectivity index (χ4n) is 2.24. The van der Waals surface area contributed by atoms with Gasteiger partial charge in [-0.05, 0) is 35.1 Å². The van der Waals surface area contributed by atoms with Crippen molar-refractivity contribution in [3.63, 3.8) is 0 Å². The third kappa shape index (κ3) is 1.64. The second-order valence-electron chi connectivity index (χ2n) is 4.80. The molecule has 0 radical (unpaired) electrons. The molecule has 5 heteroatoms. The van der Waals surface area contributed by atoms with Crippen molar-refractivity contribution in [2.24, 2.45) is 11.1 Å². The largest absolute Gasteiger partial charge is 0.324 e. The van der Waals surface area contributed by atoms with Gasteiger partial charge < -0.3 is 5.73 Å². The van der Waals surface area contributed by atoms with Crippen LogP contribution in [0.5, 0.6) is 0 Å². The summed E-state index contributed by atoms with van der Waals surface area (Å²) in [6, 6.07) is 0.443. The van der Waals surface area contributed by atoms with Gasteiger partial charge in [0.05, 0.1) is 12.6 Å². The Labute approximate surface area is 83.7 Å². The Morgan fingerprint density at radius 1 is 1.57 bits per heavy atom. The van der Waals surface area contributed by atoms with Crippen LogP contribution >= 0.6 is 0 Å². The number of rotatable bonds is 2. The average molecular weight is 195 g/mol. The zero-order valence-electron chi connectivity index (χ0n) is 8.77. The second-order valence-corrected chi connectivity index (χ2v) is 4.80. The van der Waals surface area contributed by atoms with Crippen LogP contribution in [0, 0.1) is 5.41 Å². The molecule has 2 N–H and O–H groups in total. The summed E-state index contributed by atoms with van der Waals surface area (Å²) in [6.07, 6.45) is 3.54. The van der Waals surface area contributed by atoms with Gasteiger partial charge in [0.1, 0.15) is 0 Å². The summed E-state index contributed by atoms with van der Waals surface area (Å²) in [5.41, 5.74) is 5.99. The van der Waals surface area contributed by atoms with Gasteiger partial charge in [0.15, 0.2) is 5.82 Å². The Bertz CT molecular complexity index is 317. The minimum absolute atomic E-state index is 0.419. The third-order valence-electron chi connectivity index (χ3n) is 3.03. The van der Waals surface area contributed by atoms with Crippen LogP contribution in [0.15, 0.2) is 0 Å². The van der Waals surface area contributed by atoms with E-state index in [1.165, 1.54) is 6.42 Å². The molecule has 0 aliphatic heterocycles. The van der Waals surface area contributed by atoms with E-state index in [0.29, 0.717) is 18.0 Å². The fraction of sp³-hybridized carbons (Fsp3) is 0.889. The standard InChI is InChI=1S/C9H17N5/c1-9(2)4-3-7(5-9)14-8(6-10)11-12-13-14/h7H,3-6,10H2,1-2H3. The van der Waals surface area contributed by atoms with Gasteiger partial charge in [-0.15, -0.1) is 5.10 Å². The molecule has 0 spiro atoms. The van der Waals surface area contributed by atoms with Crippen LogP contribution in [-0.4, -0.2) is 20.2 Å². The van der Waals surface area contributed by atoms with Gasteiger partial charge in [-0.3, -0.25) is 0 Å². The molecular formula is C9H17N5. The highest BCUT2D eigenvalue weighted by molar-refractivity contribution is 4.90. The van der Waals surface area contributed by atoms with Crippen molar-refractivity contribution in [1.29, 1.82) is 0 Å². The van der Waals surface area contributed by atoms with Gasteiger partial charge in [-0.25, -0.2) is 4.68 Å². The molecule has 78 valence electrons. The van der Waals surface area contributed by atoms with Gasteiger partial charge >= 0.3 is 0 Å². The highest BCUT2D eigenvalue weighted by atomic mass is 15.6. The predicted octanol–water partition coefficient (Wildman–Crippen LogP) is 0.883. The van der Waals surface area contributed by atoms with Crippen LogP contribution in [0.3, 0.4) is 0 Å². The van der Waals surface area contributed by atoms with Crippen molar-refractivity contribution in [2.75, 3.05) is 0 Å². The predicted molar refractivity (Wildman–Crippen MR) is 52.4 cm³/mol. The summed E-state index contributed by atoms with van der Waals surface area (Å²) in [4.78, 5) is 0. The van der Waals surface area contributed by atoms with Gasteiger partial charge in [-0.2, -0.15) is 0 Å². The number of hydrogen-bond acceptors (Lipinski definition) is 4. The summed E-state index contributed by atoms with van der Waals surface area (Å²) < 4.78 is 1.90. The molecule has 1 aliphatic rings. The molecule has 0 bridgehead atoms. The van der Waals surface area contributed by atoms with Crippen molar-refractivity contribution in [3.8, 4) is 0 Å². The molecule has 1 aromatic heterocycles. The van der Waals surface area contributed by atoms with Crippen molar-refractivity contribution >= 4 is 0 Å². The number of aromatic nitrogens is 4. The van der Waals surface area contributed by atoms with E-state index in [9.17, 15) is 0 Å². The van der Waals surface area contributed by atoms with Gasteiger partial charge in [0.2, 0.25) is 0 Å². The molecule has 1 aliphatic carbocycles. The summed E-state index contributed by atoms with van der Waals surface area (Å²) in [5, 5.41) is 11.6. The third-order valence-corrected chi connectivity index (χ3v) is 3.03. The van der Waals surface area contributed by atoms with E-state index < -0.39 is 0 Å². The van der Waals surface area contributed by atoms with Gasteiger partial charge in [0.25, 0.3) is 0 Å². The maximum atomic E-state index is 5.57. The minimum atomic E-state index is 0.419. The summed E-state index contributed by atoms with van der Waals surface area (Å²) >= 11 is 0. The quantitative estimate of drug-likeness (QED) is 0.760. The first-order chi connectivity index (χ1) is 6.62. The molecular weight excluding hydrogens is 178 g/mol. The van der Waals surface area contributed by atoms with Crippen molar-refractivity contribution in [2.45, 2.75) is 45.7 Å². The van der Waals surface area contributed by atoms with Crippen LogP contribution in [0.25, 0.3) is 0 Å². The lowest BCUT2D eigenvalue weighted by Gasteiger charge is -2.17. The summed E-state index contributed by atoms with van der Waals surface area (Å²) in [6.45, 7) is 5.00. The Hall–Kier alpha value is -0.970. The highest BCUT2D eigenvalue weighted by Crippen LogP contribution is 2.43. The highest BCUT2D eigenvalue weighted by Gasteiger charge is 2.33. The fourth-order valence-corrected chi connectivity index (χ4v) is 2.24. The first kappa shape index (κ1) is 9.58. The van der Waals surface area contributed by atoms with Crippen LogP contribution in [0.2, 0.25) is 0 Å². The van der Waals surface area contributed by atoms with Crippen molar-refractivity contribution < 1.29 is 0 Å². The Kier molecular flexibility index (Phi) is 2.26. The first-order valence-electron chi connectivity index (χ1n) is 5.09. The van der Waals surface area contributed by atoms with Crippen molar-refractivity contribution in [1.82, 2.24) is 20.2 Å². The van der Waals surface area contributed by atoms with E-state index in [4.69, 9.17) is 5.73 Å². The molecule has 1 atom stereocenters. The number of nitrogens with two attached hydrogens (primary N) is 1. The Morgan fingerprint density at radius 3 is 2.93 bits per heavy atom. The zero-order chi connectivity index (χ0) is 10.2. The lowest BCUT2D eigenvalue weighted by molar-refractivity contribution is 0.344. The molecule has 1 aromatic rings. The Morgan fingerprint density at radius 2 is 2.36 bits per heavy atom. The van der Waals surface area contributed by atoms with Crippen LogP contribution in [0.4, 0.5) is 0 Å². The van der Waals surface area contributed by atoms with E-state index in [1.807, 2.05) is 4.68 Å². The number of tetrazole rings is 1. The first-order valence-corrected chi connectivity index (χ1v) is 5.09. The van der Waals surface area contributed by atoms with E-state index >= 15 is 0 Å². The van der Waals surface area contributed by atoms with Crippen LogP contribution in [-0.2, 0) is 6.54 Å². The maximum absolute atomic E-state index is 5.57. The number of nitrogens with zero attached hydrogens (tertiary/aromatic N) is 4. The molecule has 1 unspecified atom stereocenters. The topological polar surface area (TPSA) is 69.6 Å². The molecule has 5 nitrogen and oxygen atoms in total. The molecule has 14 heavy (non-hydrogen) atoms. The lowest BCUT2D eigenvalue weighted by Crippen LogP contribution is -2.15. The molecule has 0 saturated heterocycles. The smallest absolute Gasteiger partial charge is 0.165 e. The summed E-state index contributed by atoms with van der Waals surface area (Å²) in [5.74, 6) is 0.799. The van der Waals surface area contributed by atoms with E-state index in [1.54, 1.807) is 0 Å². The molecule has 1 fully saturated rings. The summed E-state index contributed by atoms with van der Waals surface area (Å²) in [7, 11) is 0. The van der Waals surface area contributed by atoms with Crippen LogP contribution < -0.4 is 5.73 Å². The second kappa shape index (κ2) is 3.31. The zero-order valence-corrected chi connectivity index (χ0v) is 8.77. The average Bonchev–Trinajstić information content (AvgIpc) is 2.70. The number of hydrogen-bond donors (Lipinski definition) is 1. The maximum Gasteiger partial charge on any atom is 0.165 e. The molecule has 1 heterocycles. The van der Waals surface area contributed by atoms with E-state index in [-0.39, 0.29) is 0 Å². The molecule has 2 rings (SSSR count). The lowest BCUT2D eigenvalue weighted by atomic mass is 9.92. The van der Waals surface area contributed by atoms with Crippen molar-refractivity contribution in [3.05, 3.63) is 5.82 Å². The van der Waals surface area contributed by atoms with E-state index in [0.717, 1.165) is 18.7 Å². The SMILES string of the molecule is CC1(C)CCC(n2nnnc2CN)C1. The molecule has 0 amide bonds. The van der Waals surface area contributed by atoms with Crippen LogP contribution in [0.1, 0.15) is 45.0 Å². The molecule has 1 saturated carbocycles. The van der Waals surface area contributed by atoms with E-state index in [2.05, 4.69) is 29.4 Å². The minimum Gasteiger partial charge on any atom is -0.324 e. The Balaban J connectivity index is 2.17. The van der Waals surface area contributed by atoms with Gasteiger partial charge in [-0.1, -0.05) is 13.8 Å². The monoisotopic (exact) mass is 195 g/mol. The normalized spacial score (nSPS) is 25.5. The molecule has 0 aromatic carbocycles. The van der Waals surface area contributed by atoms with Gasteiger partial charge in [0, 0.05) is 0 Å².